The Bertz CT molecular complexity index is 1030. The van der Waals surface area contributed by atoms with Crippen molar-refractivity contribution in [1.82, 2.24) is 10.6 Å². The lowest BCUT2D eigenvalue weighted by atomic mass is 9.78. The number of carbonyl (C=O) groups excluding carboxylic acids is 3. The van der Waals surface area contributed by atoms with E-state index in [0.29, 0.717) is 12.1 Å². The topological polar surface area (TPSA) is 108 Å². The van der Waals surface area contributed by atoms with Gasteiger partial charge < -0.3 is 15.4 Å². The summed E-state index contributed by atoms with van der Waals surface area (Å²) >= 11 is 1.06. The average Bonchev–Trinajstić information content (AvgIpc) is 2.81. The van der Waals surface area contributed by atoms with E-state index in [9.17, 15) is 19.6 Å². The van der Waals surface area contributed by atoms with Gasteiger partial charge in [0.1, 0.15) is 5.92 Å². The number of methoxy groups -OCH3 is 1. The molecule has 0 saturated heterocycles. The maximum atomic E-state index is 12.7. The predicted octanol–water partition coefficient (Wildman–Crippen LogP) is 2.47. The monoisotopic (exact) mass is 435 g/mol. The molecule has 2 amide bonds. The van der Waals surface area contributed by atoms with Crippen LogP contribution in [0, 0.1) is 17.2 Å². The van der Waals surface area contributed by atoms with Crippen molar-refractivity contribution in [1.29, 1.82) is 5.26 Å². The van der Waals surface area contributed by atoms with Crippen molar-refractivity contribution in [3.05, 3.63) is 82.4 Å². The number of benzene rings is 2. The average molecular weight is 436 g/mol. The lowest BCUT2D eigenvalue weighted by molar-refractivity contribution is -0.150. The quantitative estimate of drug-likeness (QED) is 0.511. The van der Waals surface area contributed by atoms with Gasteiger partial charge in [-0.3, -0.25) is 14.4 Å². The first-order valence-electron chi connectivity index (χ1n) is 9.56. The van der Waals surface area contributed by atoms with E-state index in [1.54, 1.807) is 24.3 Å². The molecule has 3 rings (SSSR count). The number of nitrogens with one attached hydrogen (secondary N) is 2. The molecule has 1 aliphatic rings. The fraction of sp³-hybridized carbons (Fsp3) is 0.217. The number of ether oxygens (including phenoxy) is 1. The zero-order chi connectivity index (χ0) is 22.2. The molecule has 0 spiro atoms. The van der Waals surface area contributed by atoms with Gasteiger partial charge in [0.15, 0.2) is 0 Å². The van der Waals surface area contributed by atoms with Gasteiger partial charge in [0, 0.05) is 12.5 Å². The second kappa shape index (κ2) is 10.5. The first-order valence-corrected chi connectivity index (χ1v) is 10.5. The van der Waals surface area contributed by atoms with Crippen molar-refractivity contribution < 1.29 is 19.1 Å². The highest BCUT2D eigenvalue weighted by molar-refractivity contribution is 8.03. The second-order valence-electron chi connectivity index (χ2n) is 6.78. The molecule has 31 heavy (non-hydrogen) atoms. The van der Waals surface area contributed by atoms with Gasteiger partial charge in [0.05, 0.1) is 29.5 Å². The van der Waals surface area contributed by atoms with Crippen molar-refractivity contribution in [3.63, 3.8) is 0 Å². The maximum Gasteiger partial charge on any atom is 0.319 e. The molecule has 8 heteroatoms. The van der Waals surface area contributed by atoms with E-state index < -0.39 is 23.7 Å². The summed E-state index contributed by atoms with van der Waals surface area (Å²) in [5.41, 5.74) is 1.84. The minimum atomic E-state index is -1.18. The van der Waals surface area contributed by atoms with Crippen LogP contribution < -0.4 is 10.6 Å². The molecule has 1 heterocycles. The largest absolute Gasteiger partial charge is 0.468 e. The Balaban J connectivity index is 1.80. The molecule has 1 aliphatic heterocycles. The molecule has 0 saturated carbocycles. The molecule has 0 radical (unpaired) electrons. The number of hydrogen-bond donors (Lipinski definition) is 2. The Morgan fingerprint density at radius 2 is 1.77 bits per heavy atom. The highest BCUT2D eigenvalue weighted by Gasteiger charge is 2.44. The molecule has 0 unspecified atom stereocenters. The van der Waals surface area contributed by atoms with Crippen molar-refractivity contribution in [2.45, 2.75) is 12.5 Å². The third-order valence-corrected chi connectivity index (χ3v) is 5.84. The number of allylic oxidation sites excluding steroid dienone is 1. The molecule has 2 atom stereocenters. The fourth-order valence-corrected chi connectivity index (χ4v) is 4.20. The first kappa shape index (κ1) is 22.1. The third-order valence-electron chi connectivity index (χ3n) is 4.82. The smallest absolute Gasteiger partial charge is 0.319 e. The first-order chi connectivity index (χ1) is 15.0. The summed E-state index contributed by atoms with van der Waals surface area (Å²) < 4.78 is 4.81. The van der Waals surface area contributed by atoms with Crippen molar-refractivity contribution in [2.75, 3.05) is 12.9 Å². The zero-order valence-corrected chi connectivity index (χ0v) is 17.6. The Morgan fingerprint density at radius 3 is 2.39 bits per heavy atom. The summed E-state index contributed by atoms with van der Waals surface area (Å²) in [6, 6.07) is 20.5. The van der Waals surface area contributed by atoms with Crippen LogP contribution in [-0.2, 0) is 25.7 Å². The van der Waals surface area contributed by atoms with Crippen LogP contribution in [0.25, 0.3) is 0 Å². The summed E-state index contributed by atoms with van der Waals surface area (Å²) in [6.07, 6.45) is 0. The summed E-state index contributed by atoms with van der Waals surface area (Å²) in [7, 11) is 1.20. The molecule has 0 aromatic heterocycles. The van der Waals surface area contributed by atoms with Crippen molar-refractivity contribution in [2.24, 2.45) is 5.92 Å². The third kappa shape index (κ3) is 5.32. The normalized spacial score (nSPS) is 18.0. The number of nitrogens with zero attached hydrogens (tertiary/aromatic N) is 1. The van der Waals surface area contributed by atoms with Crippen molar-refractivity contribution in [3.8, 4) is 6.07 Å². The minimum absolute atomic E-state index is 0.0119. The Hall–Kier alpha value is -3.57. The standard InChI is InChI=1S/C23H21N3O4S/c1-30-23(29)20-19(16-10-6-3-7-11-16)17(12-24)22(26-21(20)28)31-14-18(27)25-13-15-8-4-2-5-9-15/h2-11,19-20H,13-14H2,1H3,(H,25,27)(H,26,28)/t19-,20+/m0/s1. The Labute approximate surface area is 184 Å². The van der Waals surface area contributed by atoms with E-state index in [4.69, 9.17) is 4.74 Å². The fourth-order valence-electron chi connectivity index (χ4n) is 3.33. The Morgan fingerprint density at radius 1 is 1.13 bits per heavy atom. The van der Waals surface area contributed by atoms with E-state index in [1.165, 1.54) is 7.11 Å². The minimum Gasteiger partial charge on any atom is -0.468 e. The molecule has 0 aliphatic carbocycles. The van der Waals surface area contributed by atoms with E-state index >= 15 is 0 Å². The number of thioether (sulfide) groups is 1. The highest BCUT2D eigenvalue weighted by Crippen LogP contribution is 2.39. The Kier molecular flexibility index (Phi) is 7.46. The van der Waals surface area contributed by atoms with Crippen LogP contribution in [0.15, 0.2) is 71.3 Å². The summed E-state index contributed by atoms with van der Waals surface area (Å²) in [5.74, 6) is -3.48. The van der Waals surface area contributed by atoms with Gasteiger partial charge in [-0.05, 0) is 11.1 Å². The number of hydrogen-bond acceptors (Lipinski definition) is 6. The van der Waals surface area contributed by atoms with Gasteiger partial charge in [0.25, 0.3) is 0 Å². The van der Waals surface area contributed by atoms with Crippen LogP contribution in [0.1, 0.15) is 17.0 Å². The highest BCUT2D eigenvalue weighted by atomic mass is 32.2. The summed E-state index contributed by atoms with van der Waals surface area (Å²) in [6.45, 7) is 0.383. The lowest BCUT2D eigenvalue weighted by Gasteiger charge is -2.30. The molecule has 2 aromatic rings. The number of rotatable bonds is 7. The van der Waals surface area contributed by atoms with Gasteiger partial charge in [-0.1, -0.05) is 72.4 Å². The molecule has 2 N–H and O–H groups in total. The van der Waals surface area contributed by atoms with E-state index in [1.807, 2.05) is 36.4 Å². The van der Waals surface area contributed by atoms with Gasteiger partial charge in [-0.25, -0.2) is 0 Å². The second-order valence-corrected chi connectivity index (χ2v) is 7.77. The van der Waals surface area contributed by atoms with Gasteiger partial charge in [0.2, 0.25) is 11.8 Å². The van der Waals surface area contributed by atoms with Crippen LogP contribution in [0.5, 0.6) is 0 Å². The molecule has 7 nitrogen and oxygen atoms in total. The van der Waals surface area contributed by atoms with E-state index in [0.717, 1.165) is 17.3 Å². The zero-order valence-electron chi connectivity index (χ0n) is 16.8. The molecule has 158 valence electrons. The number of nitriles is 1. The number of carbonyl (C=O) groups is 3. The van der Waals surface area contributed by atoms with Crippen LogP contribution in [0.4, 0.5) is 0 Å². The number of amides is 2. The number of esters is 1. The summed E-state index contributed by atoms with van der Waals surface area (Å²) in [4.78, 5) is 37.3. The van der Waals surface area contributed by atoms with E-state index in [2.05, 4.69) is 16.7 Å². The molecular formula is C23H21N3O4S. The molecule has 2 aromatic carbocycles. The van der Waals surface area contributed by atoms with Crippen LogP contribution >= 0.6 is 11.8 Å². The van der Waals surface area contributed by atoms with Crippen LogP contribution in [0.2, 0.25) is 0 Å². The molecular weight excluding hydrogens is 414 g/mol. The van der Waals surface area contributed by atoms with Crippen LogP contribution in [0.3, 0.4) is 0 Å². The van der Waals surface area contributed by atoms with Gasteiger partial charge in [-0.15, -0.1) is 0 Å². The molecule has 0 fully saturated rings. The predicted molar refractivity (Wildman–Crippen MR) is 116 cm³/mol. The van der Waals surface area contributed by atoms with Crippen LogP contribution in [-0.4, -0.2) is 30.6 Å². The van der Waals surface area contributed by atoms with Gasteiger partial charge >= 0.3 is 5.97 Å². The molecule has 0 bridgehead atoms. The SMILES string of the molecule is COC(=O)[C@H]1C(=O)NC(SCC(=O)NCc2ccccc2)=C(C#N)[C@@H]1c1ccccc1. The van der Waals surface area contributed by atoms with Gasteiger partial charge in [-0.2, -0.15) is 5.26 Å². The van der Waals surface area contributed by atoms with E-state index in [-0.39, 0.29) is 22.3 Å². The summed E-state index contributed by atoms with van der Waals surface area (Å²) in [5, 5.41) is 15.5. The van der Waals surface area contributed by atoms with Crippen molar-refractivity contribution >= 4 is 29.5 Å². The maximum absolute atomic E-state index is 12.7. The lowest BCUT2D eigenvalue weighted by Crippen LogP contribution is -2.44.